The number of aryl methyl sites for hydroxylation is 1. The van der Waals surface area contributed by atoms with E-state index in [2.05, 4.69) is 15.6 Å². The average molecular weight is 488 g/mol. The van der Waals surface area contributed by atoms with E-state index < -0.39 is 6.04 Å². The molecule has 1 aromatic heterocycles. The number of amides is 2. The van der Waals surface area contributed by atoms with Gasteiger partial charge in [0.15, 0.2) is 0 Å². The van der Waals surface area contributed by atoms with Gasteiger partial charge in [-0.05, 0) is 48.9 Å². The fraction of sp³-hybridized carbons (Fsp3) is 0.259. The zero-order valence-corrected chi connectivity index (χ0v) is 20.5. The Labute approximate surface area is 209 Å². The van der Waals surface area contributed by atoms with Crippen LogP contribution in [-0.4, -0.2) is 54.2 Å². The van der Waals surface area contributed by atoms with Gasteiger partial charge in [0.25, 0.3) is 0 Å². The van der Waals surface area contributed by atoms with Gasteiger partial charge >= 0.3 is 0 Å². The zero-order chi connectivity index (χ0) is 25.5. The second-order valence-corrected chi connectivity index (χ2v) is 8.29. The van der Waals surface area contributed by atoms with E-state index in [9.17, 15) is 9.59 Å². The minimum atomic E-state index is -0.933. The highest BCUT2D eigenvalue weighted by molar-refractivity contribution is 6.01. The Balaban J connectivity index is 1.77. The van der Waals surface area contributed by atoms with Crippen molar-refractivity contribution in [3.63, 3.8) is 0 Å². The molecular weight excluding hydrogens is 458 g/mol. The molecule has 0 unspecified atom stereocenters. The van der Waals surface area contributed by atoms with E-state index in [4.69, 9.17) is 9.47 Å². The fourth-order valence-corrected chi connectivity index (χ4v) is 3.96. The van der Waals surface area contributed by atoms with Gasteiger partial charge in [0.1, 0.15) is 23.9 Å². The molecular formula is C27H29N5O4. The van der Waals surface area contributed by atoms with Crippen LogP contribution < -0.4 is 15.0 Å². The van der Waals surface area contributed by atoms with Crippen molar-refractivity contribution >= 4 is 28.5 Å². The van der Waals surface area contributed by atoms with Gasteiger partial charge in [-0.15, -0.1) is 5.10 Å². The van der Waals surface area contributed by atoms with Crippen molar-refractivity contribution in [1.29, 1.82) is 0 Å². The normalized spacial score (nSPS) is 11.8. The van der Waals surface area contributed by atoms with Crippen molar-refractivity contribution in [2.24, 2.45) is 0 Å². The van der Waals surface area contributed by atoms with Crippen molar-refractivity contribution in [3.05, 3.63) is 83.9 Å². The molecule has 0 aliphatic rings. The summed E-state index contributed by atoms with van der Waals surface area (Å²) in [7, 11) is 3.15. The summed E-state index contributed by atoms with van der Waals surface area (Å²) in [6, 6.07) is 21.1. The first-order chi connectivity index (χ1) is 17.5. The first-order valence-electron chi connectivity index (χ1n) is 11.6. The number of anilines is 1. The van der Waals surface area contributed by atoms with Gasteiger partial charge < -0.3 is 14.8 Å². The number of nitrogens with zero attached hydrogens (tertiary/aromatic N) is 4. The summed E-state index contributed by atoms with van der Waals surface area (Å²) in [5.41, 5.74) is 3.70. The van der Waals surface area contributed by atoms with Crippen LogP contribution in [0.5, 0.6) is 5.75 Å². The lowest BCUT2D eigenvalue weighted by molar-refractivity contribution is -0.127. The summed E-state index contributed by atoms with van der Waals surface area (Å²) in [6.45, 7) is 2.54. The predicted molar refractivity (Wildman–Crippen MR) is 137 cm³/mol. The second kappa shape index (κ2) is 11.5. The zero-order valence-electron chi connectivity index (χ0n) is 20.5. The number of methoxy groups -OCH3 is 2. The number of aromatic nitrogens is 3. The van der Waals surface area contributed by atoms with E-state index in [-0.39, 0.29) is 18.4 Å². The number of carbonyl (C=O) groups is 2. The Morgan fingerprint density at radius 2 is 1.72 bits per heavy atom. The lowest BCUT2D eigenvalue weighted by Crippen LogP contribution is -2.46. The number of rotatable bonds is 10. The van der Waals surface area contributed by atoms with Gasteiger partial charge in [0.2, 0.25) is 11.8 Å². The largest absolute Gasteiger partial charge is 0.497 e. The van der Waals surface area contributed by atoms with Crippen molar-refractivity contribution < 1.29 is 19.1 Å². The Kier molecular flexibility index (Phi) is 7.92. The molecule has 9 nitrogen and oxygen atoms in total. The molecule has 4 rings (SSSR count). The third-order valence-corrected chi connectivity index (χ3v) is 5.83. The van der Waals surface area contributed by atoms with Gasteiger partial charge in [-0.1, -0.05) is 47.2 Å². The Bertz CT molecular complexity index is 1320. The molecule has 36 heavy (non-hydrogen) atoms. The molecule has 1 heterocycles. The lowest BCUT2D eigenvalue weighted by atomic mass is 10.0. The highest BCUT2D eigenvalue weighted by Crippen LogP contribution is 2.30. The standard InChI is InChI=1S/C27H29N5O4/c1-19-8-12-21(13-9-19)32(25(33)18-31-24-7-5-4-6-23(24)29-30-31)26(27(34)28-16-17-35-2)20-10-14-22(36-3)15-11-20/h4-15,26H,16-18H2,1-3H3,(H,28,34)/t26-/m0/s1. The molecule has 3 aromatic carbocycles. The molecule has 0 saturated heterocycles. The molecule has 0 aliphatic heterocycles. The van der Waals surface area contributed by atoms with Gasteiger partial charge in [-0.3, -0.25) is 14.5 Å². The highest BCUT2D eigenvalue weighted by Gasteiger charge is 2.33. The smallest absolute Gasteiger partial charge is 0.249 e. The van der Waals surface area contributed by atoms with Crippen LogP contribution in [0.4, 0.5) is 5.69 Å². The van der Waals surface area contributed by atoms with Crippen LogP contribution in [0.3, 0.4) is 0 Å². The maximum Gasteiger partial charge on any atom is 0.249 e. The minimum absolute atomic E-state index is 0.0909. The molecule has 1 N–H and O–H groups in total. The summed E-state index contributed by atoms with van der Waals surface area (Å²) in [5, 5.41) is 11.2. The van der Waals surface area contributed by atoms with Crippen LogP contribution in [0.1, 0.15) is 17.2 Å². The molecule has 0 fully saturated rings. The molecule has 0 spiro atoms. The number of hydrogen-bond acceptors (Lipinski definition) is 6. The lowest BCUT2D eigenvalue weighted by Gasteiger charge is -2.31. The van der Waals surface area contributed by atoms with E-state index in [1.165, 1.54) is 4.90 Å². The summed E-state index contributed by atoms with van der Waals surface area (Å²) in [6.07, 6.45) is 0. The van der Waals surface area contributed by atoms with E-state index in [0.717, 1.165) is 11.1 Å². The minimum Gasteiger partial charge on any atom is -0.497 e. The Morgan fingerprint density at radius 1 is 1.00 bits per heavy atom. The summed E-state index contributed by atoms with van der Waals surface area (Å²) in [4.78, 5) is 29.0. The van der Waals surface area contributed by atoms with Crippen molar-refractivity contribution in [2.45, 2.75) is 19.5 Å². The van der Waals surface area contributed by atoms with Crippen LogP contribution in [0.2, 0.25) is 0 Å². The van der Waals surface area contributed by atoms with Crippen LogP contribution in [-0.2, 0) is 20.9 Å². The second-order valence-electron chi connectivity index (χ2n) is 8.29. The maximum atomic E-state index is 13.9. The molecule has 2 amide bonds. The van der Waals surface area contributed by atoms with Gasteiger partial charge in [-0.2, -0.15) is 0 Å². The number of para-hydroxylation sites is 1. The monoisotopic (exact) mass is 487 g/mol. The number of nitrogens with one attached hydrogen (secondary N) is 1. The summed E-state index contributed by atoms with van der Waals surface area (Å²) < 4.78 is 11.9. The number of fused-ring (bicyclic) bond motifs is 1. The third-order valence-electron chi connectivity index (χ3n) is 5.83. The van der Waals surface area contributed by atoms with Crippen molar-refractivity contribution in [3.8, 4) is 5.75 Å². The molecule has 1 atom stereocenters. The summed E-state index contributed by atoms with van der Waals surface area (Å²) in [5.74, 6) is 0.0198. The van der Waals surface area contributed by atoms with Crippen LogP contribution in [0.15, 0.2) is 72.8 Å². The number of hydrogen-bond donors (Lipinski definition) is 1. The quantitative estimate of drug-likeness (QED) is 0.345. The molecule has 9 heteroatoms. The van der Waals surface area contributed by atoms with E-state index >= 15 is 0 Å². The molecule has 0 radical (unpaired) electrons. The summed E-state index contributed by atoms with van der Waals surface area (Å²) >= 11 is 0. The van der Waals surface area contributed by atoms with Crippen molar-refractivity contribution in [1.82, 2.24) is 20.3 Å². The third kappa shape index (κ3) is 5.52. The number of ether oxygens (including phenoxy) is 2. The maximum absolute atomic E-state index is 13.9. The van der Waals surface area contributed by atoms with E-state index in [0.29, 0.717) is 35.7 Å². The molecule has 4 aromatic rings. The van der Waals surface area contributed by atoms with Crippen LogP contribution >= 0.6 is 0 Å². The van der Waals surface area contributed by atoms with Crippen LogP contribution in [0.25, 0.3) is 11.0 Å². The Hall–Kier alpha value is -4.24. The first-order valence-corrected chi connectivity index (χ1v) is 11.6. The number of carbonyl (C=O) groups excluding carboxylic acids is 2. The van der Waals surface area contributed by atoms with Gasteiger partial charge in [0.05, 0.1) is 19.2 Å². The average Bonchev–Trinajstić information content (AvgIpc) is 3.30. The fourth-order valence-electron chi connectivity index (χ4n) is 3.96. The van der Waals surface area contributed by atoms with Crippen molar-refractivity contribution in [2.75, 3.05) is 32.3 Å². The first kappa shape index (κ1) is 24.9. The molecule has 0 bridgehead atoms. The molecule has 0 saturated carbocycles. The predicted octanol–water partition coefficient (Wildman–Crippen LogP) is 3.29. The van der Waals surface area contributed by atoms with Gasteiger partial charge in [0, 0.05) is 19.3 Å². The molecule has 0 aliphatic carbocycles. The molecule has 186 valence electrons. The van der Waals surface area contributed by atoms with E-state index in [1.807, 2.05) is 55.5 Å². The topological polar surface area (TPSA) is 98.6 Å². The number of benzene rings is 3. The van der Waals surface area contributed by atoms with E-state index in [1.54, 1.807) is 43.2 Å². The SMILES string of the molecule is COCCNC(=O)[C@H](c1ccc(OC)cc1)N(C(=O)Cn1nnc2ccccc21)c1ccc(C)cc1. The van der Waals surface area contributed by atoms with Gasteiger partial charge in [-0.25, -0.2) is 4.68 Å². The highest BCUT2D eigenvalue weighted by atomic mass is 16.5. The Morgan fingerprint density at radius 3 is 2.42 bits per heavy atom. The van der Waals surface area contributed by atoms with Crippen LogP contribution in [0, 0.1) is 6.92 Å².